The van der Waals surface area contributed by atoms with E-state index in [1.54, 1.807) is 13.8 Å². The molecule has 1 rings (SSSR count). The largest absolute Gasteiger partial charge is 0.450 e. The first-order valence-corrected chi connectivity index (χ1v) is 5.80. The first kappa shape index (κ1) is 19.1. The molecule has 0 aliphatic carbocycles. The van der Waals surface area contributed by atoms with E-state index in [-0.39, 0.29) is 0 Å². The normalized spacial score (nSPS) is 7.95. The summed E-state index contributed by atoms with van der Waals surface area (Å²) in [4.78, 5) is 19.2. The molecule has 0 spiro atoms. The first-order valence-electron chi connectivity index (χ1n) is 5.80. The van der Waals surface area contributed by atoms with Crippen molar-refractivity contribution in [1.82, 2.24) is 0 Å². The lowest BCUT2D eigenvalue weighted by Crippen LogP contribution is -2.11. The van der Waals surface area contributed by atoms with Crippen molar-refractivity contribution >= 4 is 12.2 Å². The van der Waals surface area contributed by atoms with Gasteiger partial charge in [0, 0.05) is 0 Å². The van der Waals surface area contributed by atoms with E-state index in [0.717, 1.165) is 0 Å². The summed E-state index contributed by atoms with van der Waals surface area (Å²) in [6, 6.07) is 10.3. The molecule has 0 aliphatic rings. The second-order valence-electron chi connectivity index (χ2n) is 3.16. The van der Waals surface area contributed by atoms with Crippen molar-refractivity contribution in [2.24, 2.45) is 11.5 Å². The fraction of sp³-hybridized carbons (Fsp3) is 0.385. The molecule has 0 saturated carbocycles. The van der Waals surface area contributed by atoms with Crippen molar-refractivity contribution in [3.05, 3.63) is 35.9 Å². The summed E-state index contributed by atoms with van der Waals surface area (Å²) >= 11 is 0. The van der Waals surface area contributed by atoms with Crippen LogP contribution in [0.3, 0.4) is 0 Å². The maximum absolute atomic E-state index is 9.60. The number of ether oxygens (including phenoxy) is 2. The molecule has 0 fully saturated rings. The van der Waals surface area contributed by atoms with Gasteiger partial charge in [-0.3, -0.25) is 0 Å². The van der Waals surface area contributed by atoms with Crippen LogP contribution < -0.4 is 11.5 Å². The van der Waals surface area contributed by atoms with E-state index < -0.39 is 12.2 Å². The lowest BCUT2D eigenvalue weighted by atomic mass is 10.2. The van der Waals surface area contributed by atoms with E-state index in [1.165, 1.54) is 5.56 Å². The topological polar surface area (TPSA) is 105 Å². The third kappa shape index (κ3) is 21.6. The Balaban J connectivity index is 0. The average molecular weight is 270 g/mol. The van der Waals surface area contributed by atoms with Crippen LogP contribution in [0, 0.1) is 6.92 Å². The molecule has 6 nitrogen and oxygen atoms in total. The quantitative estimate of drug-likeness (QED) is 0.859. The molecule has 1 aromatic rings. The van der Waals surface area contributed by atoms with E-state index in [4.69, 9.17) is 0 Å². The fourth-order valence-electron chi connectivity index (χ4n) is 0.819. The Bertz CT molecular complexity index is 326. The van der Waals surface area contributed by atoms with Crippen LogP contribution in [0.4, 0.5) is 9.59 Å². The summed E-state index contributed by atoms with van der Waals surface area (Å²) in [5, 5.41) is 0. The molecule has 0 radical (unpaired) electrons. The number of amides is 2. The van der Waals surface area contributed by atoms with Gasteiger partial charge in [0.15, 0.2) is 0 Å². The molecule has 19 heavy (non-hydrogen) atoms. The molecular formula is C13H22N2O4. The van der Waals surface area contributed by atoms with Crippen molar-refractivity contribution in [2.45, 2.75) is 20.8 Å². The van der Waals surface area contributed by atoms with Crippen LogP contribution in [-0.4, -0.2) is 25.4 Å². The summed E-state index contributed by atoms with van der Waals surface area (Å²) in [6.07, 6.45) is -1.42. The van der Waals surface area contributed by atoms with E-state index in [2.05, 4.69) is 40.0 Å². The van der Waals surface area contributed by atoms with Gasteiger partial charge in [0.2, 0.25) is 0 Å². The van der Waals surface area contributed by atoms with Crippen molar-refractivity contribution in [1.29, 1.82) is 0 Å². The number of primary amides is 2. The Labute approximate surface area is 113 Å². The fourth-order valence-corrected chi connectivity index (χ4v) is 0.819. The zero-order valence-corrected chi connectivity index (χ0v) is 11.6. The van der Waals surface area contributed by atoms with Gasteiger partial charge in [-0.15, -0.1) is 0 Å². The van der Waals surface area contributed by atoms with Crippen LogP contribution in [-0.2, 0) is 9.47 Å². The summed E-state index contributed by atoms with van der Waals surface area (Å²) in [5.41, 5.74) is 10.4. The smallest absolute Gasteiger partial charge is 0.404 e. The van der Waals surface area contributed by atoms with E-state index in [9.17, 15) is 9.59 Å². The zero-order valence-electron chi connectivity index (χ0n) is 11.6. The maximum atomic E-state index is 9.60. The number of carbonyl (C=O) groups is 2. The van der Waals surface area contributed by atoms with Gasteiger partial charge in [-0.25, -0.2) is 9.59 Å². The second kappa shape index (κ2) is 13.8. The Morgan fingerprint density at radius 1 is 0.947 bits per heavy atom. The highest BCUT2D eigenvalue weighted by molar-refractivity contribution is 5.64. The lowest BCUT2D eigenvalue weighted by molar-refractivity contribution is 0.162. The molecule has 2 amide bonds. The van der Waals surface area contributed by atoms with Gasteiger partial charge in [0.05, 0.1) is 13.2 Å². The molecule has 108 valence electrons. The third-order valence-corrected chi connectivity index (χ3v) is 1.51. The molecular weight excluding hydrogens is 248 g/mol. The number of rotatable bonds is 2. The minimum absolute atomic E-state index is 0.356. The molecule has 0 saturated heterocycles. The van der Waals surface area contributed by atoms with E-state index in [1.807, 2.05) is 18.2 Å². The standard InChI is InChI=1S/C7H8.2C3H7NO2/c1-7-5-3-2-4-6-7;2*1-2-6-3(4)5/h2-6H,1H3;2*2H2,1H3,(H2,4,5). The number of benzene rings is 1. The Kier molecular flexibility index (Phi) is 13.9. The molecule has 1 aromatic carbocycles. The lowest BCUT2D eigenvalue weighted by Gasteiger charge is -1.89. The van der Waals surface area contributed by atoms with E-state index in [0.29, 0.717) is 13.2 Å². The Morgan fingerprint density at radius 2 is 1.32 bits per heavy atom. The monoisotopic (exact) mass is 270 g/mol. The van der Waals surface area contributed by atoms with Crippen LogP contribution in [0.15, 0.2) is 30.3 Å². The predicted molar refractivity (Wildman–Crippen MR) is 73.6 cm³/mol. The highest BCUT2D eigenvalue weighted by Gasteiger charge is 1.82. The minimum Gasteiger partial charge on any atom is -0.450 e. The van der Waals surface area contributed by atoms with Crippen molar-refractivity contribution < 1.29 is 19.1 Å². The Morgan fingerprint density at radius 3 is 1.42 bits per heavy atom. The van der Waals surface area contributed by atoms with Gasteiger partial charge in [-0.1, -0.05) is 35.9 Å². The van der Waals surface area contributed by atoms with Crippen LogP contribution >= 0.6 is 0 Å². The third-order valence-electron chi connectivity index (χ3n) is 1.51. The number of hydrogen-bond donors (Lipinski definition) is 2. The summed E-state index contributed by atoms with van der Waals surface area (Å²) in [5.74, 6) is 0. The predicted octanol–water partition coefficient (Wildman–Crippen LogP) is 2.20. The van der Waals surface area contributed by atoms with Crippen molar-refractivity contribution in [3.8, 4) is 0 Å². The SMILES string of the molecule is CCOC(N)=O.CCOC(N)=O.Cc1ccccc1. The number of hydrogen-bond acceptors (Lipinski definition) is 4. The molecule has 0 heterocycles. The summed E-state index contributed by atoms with van der Waals surface area (Å²) in [7, 11) is 0. The molecule has 4 N–H and O–H groups in total. The van der Waals surface area contributed by atoms with Crippen LogP contribution in [0.2, 0.25) is 0 Å². The minimum atomic E-state index is -0.711. The summed E-state index contributed by atoms with van der Waals surface area (Å²) in [6.45, 7) is 6.19. The molecule has 0 bridgehead atoms. The van der Waals surface area contributed by atoms with Gasteiger partial charge in [0.1, 0.15) is 0 Å². The number of aryl methyl sites for hydroxylation is 1. The second-order valence-corrected chi connectivity index (χ2v) is 3.16. The van der Waals surface area contributed by atoms with Crippen LogP contribution in [0.5, 0.6) is 0 Å². The molecule has 0 aliphatic heterocycles. The van der Waals surface area contributed by atoms with Crippen molar-refractivity contribution in [2.75, 3.05) is 13.2 Å². The molecule has 0 unspecified atom stereocenters. The summed E-state index contributed by atoms with van der Waals surface area (Å²) < 4.78 is 8.36. The first-order chi connectivity index (χ1) is 8.93. The van der Waals surface area contributed by atoms with E-state index >= 15 is 0 Å². The highest BCUT2D eigenvalue weighted by Crippen LogP contribution is 1.92. The van der Waals surface area contributed by atoms with Gasteiger partial charge >= 0.3 is 12.2 Å². The van der Waals surface area contributed by atoms with Gasteiger partial charge in [-0.05, 0) is 20.8 Å². The number of nitrogens with two attached hydrogens (primary N) is 2. The Hall–Kier alpha value is -2.24. The maximum Gasteiger partial charge on any atom is 0.404 e. The van der Waals surface area contributed by atoms with Crippen molar-refractivity contribution in [3.63, 3.8) is 0 Å². The number of carbonyl (C=O) groups excluding carboxylic acids is 2. The molecule has 6 heteroatoms. The van der Waals surface area contributed by atoms with Crippen LogP contribution in [0.1, 0.15) is 19.4 Å². The zero-order chi connectivity index (χ0) is 15.1. The van der Waals surface area contributed by atoms with Gasteiger partial charge < -0.3 is 20.9 Å². The average Bonchev–Trinajstić information content (AvgIpc) is 2.31. The highest BCUT2D eigenvalue weighted by atomic mass is 16.5. The van der Waals surface area contributed by atoms with Crippen LogP contribution in [0.25, 0.3) is 0 Å². The van der Waals surface area contributed by atoms with Gasteiger partial charge in [-0.2, -0.15) is 0 Å². The molecule has 0 atom stereocenters. The van der Waals surface area contributed by atoms with Gasteiger partial charge in [0.25, 0.3) is 0 Å². The molecule has 0 aromatic heterocycles.